The summed E-state index contributed by atoms with van der Waals surface area (Å²) in [6.07, 6.45) is 0.682. The Bertz CT molecular complexity index is 621. The van der Waals surface area contributed by atoms with Crippen molar-refractivity contribution in [1.29, 1.82) is 0 Å². The topological polar surface area (TPSA) is 40.6 Å². The van der Waals surface area contributed by atoms with Gasteiger partial charge in [-0.25, -0.2) is 0 Å². The highest BCUT2D eigenvalue weighted by atomic mass is 79.9. The molecule has 2 aromatic carbocycles. The molecule has 0 saturated carbocycles. The number of hydrogen-bond donors (Lipinski definition) is 0. The van der Waals surface area contributed by atoms with Crippen molar-refractivity contribution in [2.75, 3.05) is 33.5 Å². The summed E-state index contributed by atoms with van der Waals surface area (Å²) < 4.78 is 0. The van der Waals surface area contributed by atoms with E-state index < -0.39 is 0 Å². The normalized spacial score (nSPS) is 10.3. The van der Waals surface area contributed by atoms with Gasteiger partial charge >= 0.3 is 0 Å². The summed E-state index contributed by atoms with van der Waals surface area (Å²) in [5.41, 5.74) is 1.73. The van der Waals surface area contributed by atoms with Gasteiger partial charge < -0.3 is 9.80 Å². The molecule has 0 spiro atoms. The average molecular weight is 468 g/mol. The van der Waals surface area contributed by atoms with Gasteiger partial charge in [-0.1, -0.05) is 68.3 Å². The number of alkyl halides is 2. The van der Waals surface area contributed by atoms with Crippen LogP contribution in [0, 0.1) is 0 Å². The third kappa shape index (κ3) is 5.68. The van der Waals surface area contributed by atoms with Gasteiger partial charge in [0, 0.05) is 24.5 Å². The van der Waals surface area contributed by atoms with Crippen LogP contribution in [-0.2, 0) is 9.59 Å². The van der Waals surface area contributed by atoms with Crippen molar-refractivity contribution in [2.24, 2.45) is 0 Å². The lowest BCUT2D eigenvalue weighted by molar-refractivity contribution is -0.116. The quantitative estimate of drug-likeness (QED) is 0.545. The summed E-state index contributed by atoms with van der Waals surface area (Å²) >= 11 is 6.49. The second-order valence-electron chi connectivity index (χ2n) is 5.38. The molecule has 2 rings (SSSR count). The molecule has 0 atom stereocenters. The Morgan fingerprint density at radius 1 is 0.680 bits per heavy atom. The van der Waals surface area contributed by atoms with Crippen molar-refractivity contribution < 1.29 is 9.59 Å². The van der Waals surface area contributed by atoms with Gasteiger partial charge in [0.15, 0.2) is 0 Å². The summed E-state index contributed by atoms with van der Waals surface area (Å²) in [7, 11) is 0. The first kappa shape index (κ1) is 19.7. The molecule has 0 N–H and O–H groups in total. The van der Waals surface area contributed by atoms with E-state index in [1.165, 1.54) is 0 Å². The molecule has 0 aliphatic heterocycles. The highest BCUT2D eigenvalue weighted by molar-refractivity contribution is 9.09. The third-order valence-corrected chi connectivity index (χ3v) is 4.69. The zero-order chi connectivity index (χ0) is 18.1. The van der Waals surface area contributed by atoms with Crippen molar-refractivity contribution in [2.45, 2.75) is 6.42 Å². The minimum atomic E-state index is 0.00396. The number of halogens is 2. The lowest BCUT2D eigenvalue weighted by atomic mass is 10.2. The Kier molecular flexibility index (Phi) is 8.15. The molecule has 0 saturated heterocycles. The van der Waals surface area contributed by atoms with Crippen molar-refractivity contribution in [1.82, 2.24) is 0 Å². The van der Waals surface area contributed by atoms with E-state index in [0.29, 0.717) is 19.5 Å². The van der Waals surface area contributed by atoms with Gasteiger partial charge in [0.25, 0.3) is 0 Å². The maximum atomic E-state index is 12.2. The van der Waals surface area contributed by atoms with Crippen LogP contribution < -0.4 is 9.80 Å². The number of carbonyl (C=O) groups excluding carboxylic acids is 2. The van der Waals surface area contributed by atoms with Crippen LogP contribution in [0.15, 0.2) is 60.7 Å². The van der Waals surface area contributed by atoms with Gasteiger partial charge in [-0.3, -0.25) is 9.59 Å². The molecule has 0 bridgehead atoms. The largest absolute Gasteiger partial charge is 0.312 e. The zero-order valence-corrected chi connectivity index (χ0v) is 16.9. The van der Waals surface area contributed by atoms with E-state index >= 15 is 0 Å². The second-order valence-corrected chi connectivity index (χ2v) is 6.50. The molecule has 0 fully saturated rings. The molecular formula is C19H20Br2N2O2. The van der Waals surface area contributed by atoms with E-state index in [1.807, 2.05) is 60.7 Å². The number of anilines is 2. The van der Waals surface area contributed by atoms with Crippen LogP contribution in [0.1, 0.15) is 6.42 Å². The van der Waals surface area contributed by atoms with Crippen molar-refractivity contribution in [3.8, 4) is 0 Å². The van der Waals surface area contributed by atoms with Crippen LogP contribution >= 0.6 is 31.9 Å². The van der Waals surface area contributed by atoms with E-state index in [9.17, 15) is 9.59 Å². The first-order valence-corrected chi connectivity index (χ1v) is 10.2. The van der Waals surface area contributed by atoms with E-state index in [4.69, 9.17) is 0 Å². The fraction of sp³-hybridized carbons (Fsp3) is 0.263. The smallest absolute Gasteiger partial charge is 0.237 e. The van der Waals surface area contributed by atoms with Crippen LogP contribution in [0.4, 0.5) is 11.4 Å². The van der Waals surface area contributed by atoms with Crippen molar-refractivity contribution in [3.63, 3.8) is 0 Å². The standard InChI is InChI=1S/C19H20Br2N2O2/c20-14-18(24)22(16-8-3-1-4-9-16)12-7-13-23(19(25)15-21)17-10-5-2-6-11-17/h1-6,8-11H,7,12-15H2. The van der Waals surface area contributed by atoms with E-state index in [-0.39, 0.29) is 22.5 Å². The molecule has 2 aromatic rings. The highest BCUT2D eigenvalue weighted by Crippen LogP contribution is 2.17. The van der Waals surface area contributed by atoms with Gasteiger partial charge in [-0.15, -0.1) is 0 Å². The van der Waals surface area contributed by atoms with Crippen molar-refractivity contribution in [3.05, 3.63) is 60.7 Å². The van der Waals surface area contributed by atoms with E-state index in [2.05, 4.69) is 31.9 Å². The van der Waals surface area contributed by atoms with Gasteiger partial charge in [0.1, 0.15) is 0 Å². The number of amides is 2. The summed E-state index contributed by atoms with van der Waals surface area (Å²) in [4.78, 5) is 28.0. The third-order valence-electron chi connectivity index (χ3n) is 3.73. The lowest BCUT2D eigenvalue weighted by Crippen LogP contribution is -2.37. The molecule has 132 valence electrons. The predicted molar refractivity (Wildman–Crippen MR) is 110 cm³/mol. The van der Waals surface area contributed by atoms with Crippen LogP contribution in [0.25, 0.3) is 0 Å². The van der Waals surface area contributed by atoms with Gasteiger partial charge in [0.2, 0.25) is 11.8 Å². The maximum Gasteiger partial charge on any atom is 0.237 e. The Balaban J connectivity index is 2.06. The van der Waals surface area contributed by atoms with E-state index in [1.54, 1.807) is 9.80 Å². The summed E-state index contributed by atoms with van der Waals surface area (Å²) in [5.74, 6) is 0.00792. The van der Waals surface area contributed by atoms with Gasteiger partial charge in [-0.05, 0) is 30.7 Å². The number of nitrogens with zero attached hydrogens (tertiary/aromatic N) is 2. The molecule has 0 aliphatic rings. The molecule has 0 aliphatic carbocycles. The number of rotatable bonds is 8. The highest BCUT2D eigenvalue weighted by Gasteiger charge is 2.17. The fourth-order valence-electron chi connectivity index (χ4n) is 2.54. The molecule has 4 nitrogen and oxygen atoms in total. The molecule has 0 aromatic heterocycles. The van der Waals surface area contributed by atoms with Crippen LogP contribution in [-0.4, -0.2) is 35.6 Å². The fourth-order valence-corrected chi connectivity index (χ4v) is 3.15. The average Bonchev–Trinajstić information content (AvgIpc) is 2.68. The minimum absolute atomic E-state index is 0.00396. The molecule has 2 amide bonds. The van der Waals surface area contributed by atoms with Crippen LogP contribution in [0.3, 0.4) is 0 Å². The summed E-state index contributed by atoms with van der Waals surface area (Å²) in [6.45, 7) is 1.10. The number of carbonyl (C=O) groups is 2. The maximum absolute atomic E-state index is 12.2. The van der Waals surface area contributed by atoms with Crippen molar-refractivity contribution >= 4 is 55.0 Å². The minimum Gasteiger partial charge on any atom is -0.312 e. The van der Waals surface area contributed by atoms with Crippen LogP contribution in [0.2, 0.25) is 0 Å². The first-order chi connectivity index (χ1) is 12.2. The number of para-hydroxylation sites is 2. The second kappa shape index (κ2) is 10.4. The zero-order valence-electron chi connectivity index (χ0n) is 13.8. The molecule has 0 unspecified atom stereocenters. The Labute approximate surface area is 165 Å². The molecule has 0 heterocycles. The van der Waals surface area contributed by atoms with E-state index in [0.717, 1.165) is 11.4 Å². The number of hydrogen-bond acceptors (Lipinski definition) is 2. The summed E-state index contributed by atoms with van der Waals surface area (Å²) in [5, 5.41) is 0.537. The Morgan fingerprint density at radius 3 is 1.36 bits per heavy atom. The predicted octanol–water partition coefficient (Wildman–Crippen LogP) is 4.23. The lowest BCUT2D eigenvalue weighted by Gasteiger charge is -2.26. The molecule has 25 heavy (non-hydrogen) atoms. The molecular weight excluding hydrogens is 448 g/mol. The van der Waals surface area contributed by atoms with Gasteiger partial charge in [-0.2, -0.15) is 0 Å². The van der Waals surface area contributed by atoms with Crippen LogP contribution in [0.5, 0.6) is 0 Å². The summed E-state index contributed by atoms with van der Waals surface area (Å²) in [6, 6.07) is 19.2. The van der Waals surface area contributed by atoms with Gasteiger partial charge in [0.05, 0.1) is 10.7 Å². The Morgan fingerprint density at radius 2 is 1.04 bits per heavy atom. The molecule has 6 heteroatoms. The first-order valence-electron chi connectivity index (χ1n) is 8.00. The monoisotopic (exact) mass is 466 g/mol. The Hall–Kier alpha value is -1.66. The number of benzene rings is 2. The SMILES string of the molecule is O=C(CBr)N(CCCN(C(=O)CBr)c1ccccc1)c1ccccc1. The molecule has 0 radical (unpaired) electrons.